The van der Waals surface area contributed by atoms with Crippen LogP contribution in [0.2, 0.25) is 13.1 Å². The highest BCUT2D eigenvalue weighted by atomic mass is 28.3. The second kappa shape index (κ2) is 17.8. The molecule has 0 bridgehead atoms. The molecule has 1 saturated heterocycles. The van der Waals surface area contributed by atoms with E-state index in [1.807, 2.05) is 0 Å². The van der Waals surface area contributed by atoms with Crippen LogP contribution in [0.5, 0.6) is 0 Å². The molecule has 0 aromatic carbocycles. The normalized spacial score (nSPS) is 21.0. The van der Waals surface area contributed by atoms with Gasteiger partial charge in [-0.1, -0.05) is 116 Å². The summed E-state index contributed by atoms with van der Waals surface area (Å²) < 4.78 is 12.7. The summed E-state index contributed by atoms with van der Waals surface area (Å²) >= 11 is 0. The molecule has 2 atom stereocenters. The van der Waals surface area contributed by atoms with E-state index >= 15 is 0 Å². The zero-order chi connectivity index (χ0) is 21.2. The van der Waals surface area contributed by atoms with Crippen molar-refractivity contribution in [3.63, 3.8) is 0 Å². The first-order valence-electron chi connectivity index (χ1n) is 13.4. The molecule has 0 aromatic heterocycles. The third kappa shape index (κ3) is 13.2. The zero-order valence-electron chi connectivity index (χ0n) is 20.6. The van der Waals surface area contributed by atoms with Gasteiger partial charge in [0.25, 0.3) is 0 Å². The third-order valence-electron chi connectivity index (χ3n) is 6.76. The SMILES string of the molecule is CCCCCCCCCCCCCCCCCC(C)OC1([SiH](C)C)CCCCO1. The fourth-order valence-electron chi connectivity index (χ4n) is 4.68. The molecule has 1 heterocycles. The van der Waals surface area contributed by atoms with Gasteiger partial charge >= 0.3 is 0 Å². The van der Waals surface area contributed by atoms with Gasteiger partial charge in [-0.3, -0.25) is 0 Å². The topological polar surface area (TPSA) is 18.5 Å². The Morgan fingerprint density at radius 2 is 1.24 bits per heavy atom. The molecule has 0 spiro atoms. The minimum atomic E-state index is -0.967. The molecule has 29 heavy (non-hydrogen) atoms. The molecular weight excluding hydrogens is 372 g/mol. The molecule has 1 fully saturated rings. The molecular formula is C26H54O2Si. The number of unbranched alkanes of at least 4 members (excludes halogenated alkanes) is 14. The number of rotatable bonds is 19. The lowest BCUT2D eigenvalue weighted by Crippen LogP contribution is -2.51. The van der Waals surface area contributed by atoms with Gasteiger partial charge in [0.1, 0.15) is 14.2 Å². The van der Waals surface area contributed by atoms with Crippen molar-refractivity contribution >= 4 is 8.80 Å². The molecule has 0 aromatic rings. The second-order valence-corrected chi connectivity index (χ2v) is 13.1. The highest BCUT2D eigenvalue weighted by Crippen LogP contribution is 2.31. The molecule has 2 nitrogen and oxygen atoms in total. The van der Waals surface area contributed by atoms with E-state index in [0.29, 0.717) is 6.10 Å². The second-order valence-electron chi connectivity index (χ2n) is 9.94. The highest BCUT2D eigenvalue weighted by molar-refractivity contribution is 6.58. The van der Waals surface area contributed by atoms with E-state index in [-0.39, 0.29) is 5.41 Å². The lowest BCUT2D eigenvalue weighted by atomic mass is 10.0. The Hall–Kier alpha value is 0.137. The Labute approximate surface area is 185 Å². The minimum absolute atomic E-state index is 0.173. The quantitative estimate of drug-likeness (QED) is 0.152. The molecule has 0 N–H and O–H groups in total. The molecule has 174 valence electrons. The fourth-order valence-corrected chi connectivity index (χ4v) is 6.41. The maximum atomic E-state index is 6.50. The molecule has 0 radical (unpaired) electrons. The molecule has 0 aliphatic carbocycles. The largest absolute Gasteiger partial charge is 0.354 e. The van der Waals surface area contributed by atoms with Crippen molar-refractivity contribution in [2.75, 3.05) is 6.61 Å². The van der Waals surface area contributed by atoms with Gasteiger partial charge in [-0.15, -0.1) is 0 Å². The van der Waals surface area contributed by atoms with Crippen LogP contribution in [0.15, 0.2) is 0 Å². The van der Waals surface area contributed by atoms with Gasteiger partial charge < -0.3 is 9.47 Å². The van der Waals surface area contributed by atoms with E-state index in [9.17, 15) is 0 Å². The lowest BCUT2D eigenvalue weighted by Gasteiger charge is -2.42. The summed E-state index contributed by atoms with van der Waals surface area (Å²) in [4.78, 5) is 0. The van der Waals surface area contributed by atoms with Crippen molar-refractivity contribution in [1.82, 2.24) is 0 Å². The molecule has 1 rings (SSSR count). The number of hydrogen-bond acceptors (Lipinski definition) is 2. The van der Waals surface area contributed by atoms with Crippen molar-refractivity contribution in [2.45, 2.75) is 160 Å². The maximum absolute atomic E-state index is 6.50. The highest BCUT2D eigenvalue weighted by Gasteiger charge is 2.39. The molecule has 1 aliphatic rings. The average molecular weight is 427 g/mol. The van der Waals surface area contributed by atoms with Crippen LogP contribution in [0.4, 0.5) is 0 Å². The van der Waals surface area contributed by atoms with E-state index < -0.39 is 8.80 Å². The van der Waals surface area contributed by atoms with Crippen molar-refractivity contribution in [1.29, 1.82) is 0 Å². The summed E-state index contributed by atoms with van der Waals surface area (Å²) in [7, 11) is -0.967. The first-order valence-corrected chi connectivity index (χ1v) is 16.3. The van der Waals surface area contributed by atoms with E-state index in [4.69, 9.17) is 9.47 Å². The Kier molecular flexibility index (Phi) is 16.7. The van der Waals surface area contributed by atoms with Crippen LogP contribution in [0.3, 0.4) is 0 Å². The van der Waals surface area contributed by atoms with Crippen molar-refractivity contribution < 1.29 is 9.47 Å². The zero-order valence-corrected chi connectivity index (χ0v) is 21.8. The summed E-state index contributed by atoms with van der Waals surface area (Å²) in [5.41, 5.74) is -0.173. The molecule has 1 aliphatic heterocycles. The van der Waals surface area contributed by atoms with Gasteiger partial charge in [0.15, 0.2) is 0 Å². The van der Waals surface area contributed by atoms with Crippen molar-refractivity contribution in [3.8, 4) is 0 Å². The summed E-state index contributed by atoms with van der Waals surface area (Å²) in [6, 6.07) is 0. The van der Waals surface area contributed by atoms with Crippen LogP contribution in [0, 0.1) is 0 Å². The fraction of sp³-hybridized carbons (Fsp3) is 1.00. The van der Waals surface area contributed by atoms with E-state index in [0.717, 1.165) is 13.0 Å². The predicted molar refractivity (Wildman–Crippen MR) is 132 cm³/mol. The van der Waals surface area contributed by atoms with Gasteiger partial charge in [-0.05, 0) is 32.6 Å². The van der Waals surface area contributed by atoms with Crippen molar-refractivity contribution in [2.24, 2.45) is 0 Å². The lowest BCUT2D eigenvalue weighted by molar-refractivity contribution is -0.224. The Balaban J connectivity index is 1.89. The van der Waals surface area contributed by atoms with Crippen LogP contribution in [-0.4, -0.2) is 26.9 Å². The van der Waals surface area contributed by atoms with Crippen molar-refractivity contribution in [3.05, 3.63) is 0 Å². The van der Waals surface area contributed by atoms with Crippen LogP contribution >= 0.6 is 0 Å². The van der Waals surface area contributed by atoms with Crippen LogP contribution in [-0.2, 0) is 9.47 Å². The summed E-state index contributed by atoms with van der Waals surface area (Å²) in [5.74, 6) is 0. The molecule has 0 saturated carbocycles. The third-order valence-corrected chi connectivity index (χ3v) is 9.11. The smallest absolute Gasteiger partial charge is 0.148 e. The van der Waals surface area contributed by atoms with Gasteiger partial charge in [0.2, 0.25) is 0 Å². The standard InChI is InChI=1S/C26H54O2Si/c1-5-6-7-8-9-10-11-12-13-14-15-16-17-18-19-22-25(2)28-26(29(3)4)23-20-21-24-27-26/h25,29H,5-24H2,1-4H3. The average Bonchev–Trinajstić information content (AvgIpc) is 2.71. The number of ether oxygens (including phenoxy) is 2. The Bertz CT molecular complexity index is 353. The monoisotopic (exact) mass is 426 g/mol. The number of hydrogen-bond donors (Lipinski definition) is 0. The van der Waals surface area contributed by atoms with Gasteiger partial charge in [0.05, 0.1) is 6.10 Å². The van der Waals surface area contributed by atoms with Crippen LogP contribution < -0.4 is 0 Å². The van der Waals surface area contributed by atoms with Crippen LogP contribution in [0.25, 0.3) is 0 Å². The molecule has 0 amide bonds. The molecule has 3 heteroatoms. The maximum Gasteiger partial charge on any atom is 0.148 e. The Morgan fingerprint density at radius 1 is 0.759 bits per heavy atom. The van der Waals surface area contributed by atoms with Gasteiger partial charge in [-0.2, -0.15) is 0 Å². The first-order chi connectivity index (χ1) is 14.1. The summed E-state index contributed by atoms with van der Waals surface area (Å²) in [5, 5.41) is 0. The summed E-state index contributed by atoms with van der Waals surface area (Å²) in [6.45, 7) is 10.2. The van der Waals surface area contributed by atoms with Crippen LogP contribution in [0.1, 0.15) is 136 Å². The van der Waals surface area contributed by atoms with E-state index in [1.165, 1.54) is 116 Å². The predicted octanol–water partition coefficient (Wildman–Crippen LogP) is 8.58. The first kappa shape index (κ1) is 27.2. The Morgan fingerprint density at radius 3 is 1.66 bits per heavy atom. The minimum Gasteiger partial charge on any atom is -0.354 e. The van der Waals surface area contributed by atoms with E-state index in [1.54, 1.807) is 0 Å². The van der Waals surface area contributed by atoms with E-state index in [2.05, 4.69) is 26.9 Å². The molecule has 2 unspecified atom stereocenters. The van der Waals surface area contributed by atoms with Gasteiger partial charge in [-0.25, -0.2) is 0 Å². The van der Waals surface area contributed by atoms with Gasteiger partial charge in [0, 0.05) is 6.61 Å². The summed E-state index contributed by atoms with van der Waals surface area (Å²) in [6.07, 6.45) is 26.6.